The third-order valence-electron chi connectivity index (χ3n) is 2.97. The summed E-state index contributed by atoms with van der Waals surface area (Å²) in [5, 5.41) is 6.02. The summed E-state index contributed by atoms with van der Waals surface area (Å²) < 4.78 is 0. The molecule has 0 aliphatic rings. The highest BCUT2D eigenvalue weighted by Crippen LogP contribution is 2.18. The number of hydrogen-bond acceptors (Lipinski definition) is 4. The number of rotatable bonds is 6. The first-order valence-corrected chi connectivity index (χ1v) is 7.63. The smallest absolute Gasteiger partial charge is 0.220 e. The first kappa shape index (κ1) is 14.7. The Bertz CT molecular complexity index is 551. The fraction of sp³-hybridized carbons (Fsp3) is 0.400. The minimum absolute atomic E-state index is 0.0584. The van der Waals surface area contributed by atoms with Gasteiger partial charge in [-0.3, -0.25) is 9.78 Å². The van der Waals surface area contributed by atoms with Crippen molar-refractivity contribution in [2.24, 2.45) is 0 Å². The number of nitrogens with zero attached hydrogens (tertiary/aromatic N) is 2. The van der Waals surface area contributed by atoms with Gasteiger partial charge in [-0.05, 0) is 23.6 Å². The lowest BCUT2D eigenvalue weighted by molar-refractivity contribution is -0.121. The van der Waals surface area contributed by atoms with E-state index in [0.29, 0.717) is 25.3 Å². The summed E-state index contributed by atoms with van der Waals surface area (Å²) in [7, 11) is 0. The van der Waals surface area contributed by atoms with E-state index < -0.39 is 0 Å². The molecule has 1 N–H and O–H groups in total. The van der Waals surface area contributed by atoms with Gasteiger partial charge in [0, 0.05) is 37.2 Å². The van der Waals surface area contributed by atoms with E-state index in [1.165, 1.54) is 0 Å². The van der Waals surface area contributed by atoms with Gasteiger partial charge in [-0.25, -0.2) is 4.98 Å². The van der Waals surface area contributed by atoms with Crippen LogP contribution < -0.4 is 5.32 Å². The molecule has 0 aliphatic carbocycles. The lowest BCUT2D eigenvalue weighted by atomic mass is 10.2. The molecular formula is C15H19N3OS. The van der Waals surface area contributed by atoms with E-state index in [1.807, 2.05) is 12.1 Å². The van der Waals surface area contributed by atoms with E-state index in [1.54, 1.807) is 23.7 Å². The SMILES string of the molecule is CC(C)c1csc(CCC(=O)NCc2ccncc2)n1. The lowest BCUT2D eigenvalue weighted by Crippen LogP contribution is -2.22. The Morgan fingerprint density at radius 3 is 2.75 bits per heavy atom. The number of carbonyl (C=O) groups is 1. The molecule has 0 saturated heterocycles. The summed E-state index contributed by atoms with van der Waals surface area (Å²) in [6.07, 6.45) is 4.64. The molecule has 0 atom stereocenters. The van der Waals surface area contributed by atoms with Crippen LogP contribution in [-0.4, -0.2) is 15.9 Å². The third-order valence-corrected chi connectivity index (χ3v) is 3.89. The fourth-order valence-corrected chi connectivity index (χ4v) is 2.67. The van der Waals surface area contributed by atoms with Crippen LogP contribution >= 0.6 is 11.3 Å². The molecule has 2 rings (SSSR count). The summed E-state index contributed by atoms with van der Waals surface area (Å²) in [6, 6.07) is 3.80. The Morgan fingerprint density at radius 2 is 2.10 bits per heavy atom. The minimum atomic E-state index is 0.0584. The van der Waals surface area contributed by atoms with E-state index in [4.69, 9.17) is 0 Å². The second-order valence-electron chi connectivity index (χ2n) is 4.95. The number of hydrogen-bond donors (Lipinski definition) is 1. The lowest BCUT2D eigenvalue weighted by Gasteiger charge is -2.04. The van der Waals surface area contributed by atoms with Gasteiger partial charge in [-0.15, -0.1) is 11.3 Å². The Morgan fingerprint density at radius 1 is 1.35 bits per heavy atom. The van der Waals surface area contributed by atoms with Crippen molar-refractivity contribution in [2.75, 3.05) is 0 Å². The Labute approximate surface area is 123 Å². The molecule has 0 unspecified atom stereocenters. The Hall–Kier alpha value is -1.75. The van der Waals surface area contributed by atoms with Gasteiger partial charge in [-0.1, -0.05) is 13.8 Å². The van der Waals surface area contributed by atoms with E-state index in [0.717, 1.165) is 16.3 Å². The Balaban J connectivity index is 1.74. The molecule has 106 valence electrons. The van der Waals surface area contributed by atoms with Crippen LogP contribution in [0, 0.1) is 0 Å². The Kier molecular flexibility index (Phi) is 5.24. The van der Waals surface area contributed by atoms with Gasteiger partial charge in [0.1, 0.15) is 0 Å². The number of amides is 1. The first-order chi connectivity index (χ1) is 9.65. The largest absolute Gasteiger partial charge is 0.352 e. The van der Waals surface area contributed by atoms with Crippen molar-refractivity contribution in [3.05, 3.63) is 46.2 Å². The maximum Gasteiger partial charge on any atom is 0.220 e. The van der Waals surface area contributed by atoms with Gasteiger partial charge in [0.2, 0.25) is 5.91 Å². The molecular weight excluding hydrogens is 270 g/mol. The average molecular weight is 289 g/mol. The molecule has 20 heavy (non-hydrogen) atoms. The van der Waals surface area contributed by atoms with Crippen LogP contribution in [0.1, 0.15) is 42.5 Å². The molecule has 1 amide bonds. The van der Waals surface area contributed by atoms with Crippen LogP contribution in [0.15, 0.2) is 29.9 Å². The standard InChI is InChI=1S/C15H19N3OS/c1-11(2)13-10-20-15(18-13)4-3-14(19)17-9-12-5-7-16-8-6-12/h5-8,10-11H,3-4,9H2,1-2H3,(H,17,19). The second kappa shape index (κ2) is 7.14. The van der Waals surface area contributed by atoms with E-state index >= 15 is 0 Å². The molecule has 4 nitrogen and oxygen atoms in total. The van der Waals surface area contributed by atoms with Crippen molar-refractivity contribution in [1.82, 2.24) is 15.3 Å². The normalized spacial score (nSPS) is 10.8. The van der Waals surface area contributed by atoms with Crippen molar-refractivity contribution in [1.29, 1.82) is 0 Å². The molecule has 2 aromatic rings. The van der Waals surface area contributed by atoms with E-state index in [-0.39, 0.29) is 5.91 Å². The monoisotopic (exact) mass is 289 g/mol. The van der Waals surface area contributed by atoms with Crippen molar-refractivity contribution < 1.29 is 4.79 Å². The highest BCUT2D eigenvalue weighted by molar-refractivity contribution is 7.09. The first-order valence-electron chi connectivity index (χ1n) is 6.75. The number of thiazole rings is 1. The quantitative estimate of drug-likeness (QED) is 0.889. The van der Waals surface area contributed by atoms with Crippen molar-refractivity contribution in [3.63, 3.8) is 0 Å². The number of pyridine rings is 1. The maximum absolute atomic E-state index is 11.8. The molecule has 0 spiro atoms. The van der Waals surface area contributed by atoms with Crippen LogP contribution in [0.4, 0.5) is 0 Å². The molecule has 0 radical (unpaired) electrons. The summed E-state index contributed by atoms with van der Waals surface area (Å²) in [5.41, 5.74) is 2.17. The molecule has 0 bridgehead atoms. The number of nitrogens with one attached hydrogen (secondary N) is 1. The molecule has 2 aromatic heterocycles. The zero-order valence-electron chi connectivity index (χ0n) is 11.8. The zero-order chi connectivity index (χ0) is 14.4. The summed E-state index contributed by atoms with van der Waals surface area (Å²) in [4.78, 5) is 20.3. The topological polar surface area (TPSA) is 54.9 Å². The fourth-order valence-electron chi connectivity index (χ4n) is 1.72. The van der Waals surface area contributed by atoms with Crippen LogP contribution in [0.25, 0.3) is 0 Å². The van der Waals surface area contributed by atoms with Crippen LogP contribution in [0.5, 0.6) is 0 Å². The van der Waals surface area contributed by atoms with Crippen molar-refractivity contribution in [3.8, 4) is 0 Å². The van der Waals surface area contributed by atoms with E-state index in [2.05, 4.69) is 34.5 Å². The highest BCUT2D eigenvalue weighted by Gasteiger charge is 2.08. The number of aryl methyl sites for hydroxylation is 1. The molecule has 0 saturated carbocycles. The summed E-state index contributed by atoms with van der Waals surface area (Å²) in [5.74, 6) is 0.503. The zero-order valence-corrected chi connectivity index (χ0v) is 12.6. The van der Waals surface area contributed by atoms with Gasteiger partial charge in [0.05, 0.1) is 10.7 Å². The minimum Gasteiger partial charge on any atom is -0.352 e. The van der Waals surface area contributed by atoms with E-state index in [9.17, 15) is 4.79 Å². The average Bonchev–Trinajstić information content (AvgIpc) is 2.93. The molecule has 0 fully saturated rings. The van der Waals surface area contributed by atoms with Crippen LogP contribution in [0.3, 0.4) is 0 Å². The van der Waals surface area contributed by atoms with Crippen LogP contribution in [0.2, 0.25) is 0 Å². The summed E-state index contributed by atoms with van der Waals surface area (Å²) >= 11 is 1.63. The molecule has 5 heteroatoms. The second-order valence-corrected chi connectivity index (χ2v) is 5.90. The number of aromatic nitrogens is 2. The van der Waals surface area contributed by atoms with Gasteiger partial charge in [0.15, 0.2) is 0 Å². The predicted octanol–water partition coefficient (Wildman–Crippen LogP) is 2.91. The van der Waals surface area contributed by atoms with Gasteiger partial charge in [0.25, 0.3) is 0 Å². The maximum atomic E-state index is 11.8. The van der Waals surface area contributed by atoms with Crippen LogP contribution in [-0.2, 0) is 17.8 Å². The molecule has 2 heterocycles. The third kappa shape index (κ3) is 4.42. The van der Waals surface area contributed by atoms with Crippen molar-refractivity contribution in [2.45, 2.75) is 39.2 Å². The number of carbonyl (C=O) groups excluding carboxylic acids is 1. The van der Waals surface area contributed by atoms with Gasteiger partial charge >= 0.3 is 0 Å². The van der Waals surface area contributed by atoms with Gasteiger partial charge in [-0.2, -0.15) is 0 Å². The van der Waals surface area contributed by atoms with Gasteiger partial charge < -0.3 is 5.32 Å². The molecule has 0 aliphatic heterocycles. The van der Waals surface area contributed by atoms with Crippen molar-refractivity contribution >= 4 is 17.2 Å². The summed E-state index contributed by atoms with van der Waals surface area (Å²) in [6.45, 7) is 4.80. The highest BCUT2D eigenvalue weighted by atomic mass is 32.1. The molecule has 0 aromatic carbocycles. The predicted molar refractivity (Wildman–Crippen MR) is 80.6 cm³/mol.